The van der Waals surface area contributed by atoms with Gasteiger partial charge in [-0.15, -0.1) is 0 Å². The van der Waals surface area contributed by atoms with E-state index in [1.165, 1.54) is 18.3 Å². The van der Waals surface area contributed by atoms with Gasteiger partial charge in [-0.1, -0.05) is 29.3 Å². The Kier molecular flexibility index (Phi) is 4.50. The summed E-state index contributed by atoms with van der Waals surface area (Å²) < 4.78 is 13.7. The maximum atomic E-state index is 13.7. The molecule has 136 valence electrons. The lowest BCUT2D eigenvalue weighted by molar-refractivity contribution is 0.629. The van der Waals surface area contributed by atoms with Crippen LogP contribution in [0.5, 0.6) is 0 Å². The van der Waals surface area contributed by atoms with Crippen LogP contribution in [-0.2, 0) is 0 Å². The Labute approximate surface area is 164 Å². The van der Waals surface area contributed by atoms with Crippen molar-refractivity contribution < 1.29 is 4.39 Å². The van der Waals surface area contributed by atoms with Gasteiger partial charge in [-0.2, -0.15) is 0 Å². The molecule has 2 heterocycles. The zero-order chi connectivity index (χ0) is 19.1. The van der Waals surface area contributed by atoms with Crippen LogP contribution in [0.2, 0.25) is 10.0 Å². The van der Waals surface area contributed by atoms with Crippen molar-refractivity contribution in [2.75, 3.05) is 5.32 Å². The molecular weight excluding hydrogens is 388 g/mol. The predicted molar refractivity (Wildman–Crippen MR) is 108 cm³/mol. The van der Waals surface area contributed by atoms with E-state index in [1.807, 2.05) is 6.92 Å². The van der Waals surface area contributed by atoms with Crippen LogP contribution in [0.3, 0.4) is 0 Å². The summed E-state index contributed by atoms with van der Waals surface area (Å²) in [6.07, 6.45) is 1.54. The molecule has 2 N–H and O–H groups in total. The molecule has 0 spiro atoms. The minimum absolute atomic E-state index is 0.265. The third-order valence-electron chi connectivity index (χ3n) is 4.46. The molecule has 0 aliphatic rings. The second kappa shape index (κ2) is 6.83. The van der Waals surface area contributed by atoms with Gasteiger partial charge in [-0.05, 0) is 43.3 Å². The molecule has 4 aromatic rings. The summed E-state index contributed by atoms with van der Waals surface area (Å²) in [5, 5.41) is 5.79. The molecule has 1 atom stereocenters. The number of H-pyrrole nitrogens is 1. The van der Waals surface area contributed by atoms with Crippen molar-refractivity contribution in [1.29, 1.82) is 0 Å². The van der Waals surface area contributed by atoms with Crippen molar-refractivity contribution in [3.05, 3.63) is 80.4 Å². The number of nitrogens with one attached hydrogen (secondary N) is 2. The molecule has 0 saturated carbocycles. The normalized spacial score (nSPS) is 12.4. The Hall–Kier alpha value is -2.63. The fourth-order valence-corrected chi connectivity index (χ4v) is 3.97. The van der Waals surface area contributed by atoms with Crippen LogP contribution in [0.25, 0.3) is 21.7 Å². The minimum atomic E-state index is -0.425. The van der Waals surface area contributed by atoms with Gasteiger partial charge in [0.25, 0.3) is 5.56 Å². The second-order valence-corrected chi connectivity index (χ2v) is 7.03. The molecule has 4 nitrogen and oxygen atoms in total. The molecule has 4 rings (SSSR count). The zero-order valence-corrected chi connectivity index (χ0v) is 15.7. The van der Waals surface area contributed by atoms with Gasteiger partial charge in [0, 0.05) is 32.6 Å². The summed E-state index contributed by atoms with van der Waals surface area (Å²) in [4.78, 5) is 19.7. The van der Waals surface area contributed by atoms with E-state index in [-0.39, 0.29) is 11.6 Å². The number of hydrogen-bond acceptors (Lipinski definition) is 3. The molecule has 0 aliphatic carbocycles. The van der Waals surface area contributed by atoms with Gasteiger partial charge in [-0.25, -0.2) is 9.37 Å². The molecule has 2 aromatic carbocycles. The average Bonchev–Trinajstić information content (AvgIpc) is 2.62. The number of rotatable bonds is 3. The summed E-state index contributed by atoms with van der Waals surface area (Å²) in [5.41, 5.74) is 0.942. The summed E-state index contributed by atoms with van der Waals surface area (Å²) in [6, 6.07) is 11.0. The van der Waals surface area contributed by atoms with Crippen molar-refractivity contribution in [1.82, 2.24) is 9.97 Å². The average molecular weight is 402 g/mol. The zero-order valence-electron chi connectivity index (χ0n) is 14.2. The van der Waals surface area contributed by atoms with Crippen molar-refractivity contribution in [2.45, 2.75) is 13.0 Å². The van der Waals surface area contributed by atoms with E-state index in [0.717, 1.165) is 5.56 Å². The van der Waals surface area contributed by atoms with E-state index < -0.39 is 5.82 Å². The highest BCUT2D eigenvalue weighted by molar-refractivity contribution is 6.36. The van der Waals surface area contributed by atoms with E-state index >= 15 is 0 Å². The molecule has 27 heavy (non-hydrogen) atoms. The molecule has 1 unspecified atom stereocenters. The van der Waals surface area contributed by atoms with Crippen LogP contribution < -0.4 is 10.9 Å². The van der Waals surface area contributed by atoms with Crippen molar-refractivity contribution in [2.24, 2.45) is 0 Å². The maximum absolute atomic E-state index is 13.7. The van der Waals surface area contributed by atoms with E-state index in [2.05, 4.69) is 15.3 Å². The summed E-state index contributed by atoms with van der Waals surface area (Å²) in [5.74, 6) is 0.0736. The fraction of sp³-hybridized carbons (Fsp3) is 0.100. The maximum Gasteiger partial charge on any atom is 0.256 e. The van der Waals surface area contributed by atoms with Gasteiger partial charge >= 0.3 is 0 Å². The molecule has 0 radical (unpaired) electrons. The third kappa shape index (κ3) is 3.13. The van der Waals surface area contributed by atoms with Gasteiger partial charge in [-0.3, -0.25) is 4.79 Å². The van der Waals surface area contributed by atoms with Gasteiger partial charge in [0.15, 0.2) is 0 Å². The predicted octanol–water partition coefficient (Wildman–Crippen LogP) is 5.70. The quantitative estimate of drug-likeness (QED) is 0.433. The van der Waals surface area contributed by atoms with E-state index in [0.29, 0.717) is 37.5 Å². The first-order chi connectivity index (χ1) is 13.0. The molecule has 7 heteroatoms. The van der Waals surface area contributed by atoms with Crippen molar-refractivity contribution in [3.8, 4) is 0 Å². The van der Waals surface area contributed by atoms with Crippen molar-refractivity contribution >= 4 is 50.7 Å². The van der Waals surface area contributed by atoms with Crippen LogP contribution in [-0.4, -0.2) is 9.97 Å². The highest BCUT2D eigenvalue weighted by atomic mass is 35.5. The first kappa shape index (κ1) is 17.8. The highest BCUT2D eigenvalue weighted by Gasteiger charge is 2.17. The Morgan fingerprint density at radius 2 is 1.85 bits per heavy atom. The largest absolute Gasteiger partial charge is 0.363 e. The standard InChI is InChI=1S/C20H14Cl2FN3O/c1-10(17-14(21)3-2-4-15(17)22)25-19-12-7-8-24-20(27)18(12)13-9-11(23)5-6-16(13)26-19/h2-10H,1H3,(H,24,27)(H,25,26). The van der Waals surface area contributed by atoms with Gasteiger partial charge in [0.2, 0.25) is 0 Å². The molecule has 0 aliphatic heterocycles. The van der Waals surface area contributed by atoms with E-state index in [4.69, 9.17) is 23.2 Å². The SMILES string of the molecule is CC(Nc1nc2ccc(F)cc2c2c(=O)[nH]ccc12)c1c(Cl)cccc1Cl. The number of fused-ring (bicyclic) bond motifs is 3. The number of hydrogen-bond donors (Lipinski definition) is 2. The topological polar surface area (TPSA) is 57.8 Å². The Morgan fingerprint density at radius 3 is 2.59 bits per heavy atom. The molecule has 0 bridgehead atoms. The number of pyridine rings is 2. The van der Waals surface area contributed by atoms with Gasteiger partial charge in [0.05, 0.1) is 16.9 Å². The Morgan fingerprint density at radius 1 is 1.11 bits per heavy atom. The van der Waals surface area contributed by atoms with Crippen molar-refractivity contribution in [3.63, 3.8) is 0 Å². The first-order valence-corrected chi connectivity index (χ1v) is 9.02. The second-order valence-electron chi connectivity index (χ2n) is 6.22. The van der Waals surface area contributed by atoms with Crippen LogP contribution in [0.15, 0.2) is 53.5 Å². The number of aromatic amines is 1. The lowest BCUT2D eigenvalue weighted by Crippen LogP contribution is -2.12. The summed E-state index contributed by atoms with van der Waals surface area (Å²) in [7, 11) is 0. The lowest BCUT2D eigenvalue weighted by Gasteiger charge is -2.19. The van der Waals surface area contributed by atoms with Gasteiger partial charge in [0.1, 0.15) is 11.6 Å². The van der Waals surface area contributed by atoms with Crippen LogP contribution >= 0.6 is 23.2 Å². The monoisotopic (exact) mass is 401 g/mol. The van der Waals surface area contributed by atoms with E-state index in [1.54, 1.807) is 30.3 Å². The number of nitrogens with zero attached hydrogens (tertiary/aromatic N) is 1. The van der Waals surface area contributed by atoms with Crippen LogP contribution in [0.1, 0.15) is 18.5 Å². The lowest BCUT2D eigenvalue weighted by atomic mass is 10.1. The first-order valence-electron chi connectivity index (χ1n) is 8.27. The summed E-state index contributed by atoms with van der Waals surface area (Å²) >= 11 is 12.6. The fourth-order valence-electron chi connectivity index (χ4n) is 3.24. The number of benzene rings is 2. The molecule has 0 fully saturated rings. The third-order valence-corrected chi connectivity index (χ3v) is 5.12. The van der Waals surface area contributed by atoms with Gasteiger partial charge < -0.3 is 10.3 Å². The molecular formula is C20H14Cl2FN3O. The Bertz CT molecular complexity index is 1220. The van der Waals surface area contributed by atoms with Crippen LogP contribution in [0.4, 0.5) is 10.2 Å². The molecule has 2 aromatic heterocycles. The van der Waals surface area contributed by atoms with E-state index in [9.17, 15) is 9.18 Å². The number of aromatic nitrogens is 2. The molecule has 0 saturated heterocycles. The molecule has 0 amide bonds. The smallest absolute Gasteiger partial charge is 0.256 e. The Balaban J connectivity index is 1.92. The number of anilines is 1. The number of halogens is 3. The van der Waals surface area contributed by atoms with Crippen LogP contribution in [0, 0.1) is 5.82 Å². The minimum Gasteiger partial charge on any atom is -0.363 e. The summed E-state index contributed by atoms with van der Waals surface area (Å²) in [6.45, 7) is 1.91. The highest BCUT2D eigenvalue weighted by Crippen LogP contribution is 2.34.